The summed E-state index contributed by atoms with van der Waals surface area (Å²) in [5, 5.41) is 0. The first-order valence-corrected chi connectivity index (χ1v) is 5.86. The Balaban J connectivity index is 2.28. The van der Waals surface area contributed by atoms with Crippen LogP contribution in [0.2, 0.25) is 0 Å². The van der Waals surface area contributed by atoms with E-state index in [1.165, 1.54) is 25.7 Å². The third kappa shape index (κ3) is 1.93. The predicted octanol–water partition coefficient (Wildman–Crippen LogP) is 2.48. The summed E-state index contributed by atoms with van der Waals surface area (Å²) < 4.78 is 2.29. The maximum Gasteiger partial charge on any atom is 0.0951 e. The summed E-state index contributed by atoms with van der Waals surface area (Å²) in [4.78, 5) is 4.22. The predicted molar refractivity (Wildman–Crippen MR) is 61.4 cm³/mol. The van der Waals surface area contributed by atoms with Gasteiger partial charge < -0.3 is 10.3 Å². The van der Waals surface area contributed by atoms with E-state index in [1.54, 1.807) is 0 Å². The van der Waals surface area contributed by atoms with Gasteiger partial charge in [-0.25, -0.2) is 4.98 Å². The fourth-order valence-electron chi connectivity index (χ4n) is 2.76. The van der Waals surface area contributed by atoms with Crippen LogP contribution in [0.25, 0.3) is 0 Å². The third-order valence-corrected chi connectivity index (χ3v) is 3.74. The highest BCUT2D eigenvalue weighted by Crippen LogP contribution is 2.43. The number of imidazole rings is 1. The molecule has 3 nitrogen and oxygen atoms in total. The lowest BCUT2D eigenvalue weighted by atomic mass is 9.73. The van der Waals surface area contributed by atoms with E-state index in [0.717, 1.165) is 5.69 Å². The molecule has 0 saturated heterocycles. The molecule has 1 unspecified atom stereocenters. The molecule has 1 aliphatic rings. The number of hydrogen-bond donors (Lipinski definition) is 1. The fraction of sp³-hybridized carbons (Fsp3) is 0.750. The van der Waals surface area contributed by atoms with Crippen molar-refractivity contribution in [3.8, 4) is 0 Å². The molecule has 84 valence electrons. The molecular formula is C12H21N3. The zero-order chi connectivity index (χ0) is 10.9. The maximum atomic E-state index is 5.73. The minimum Gasteiger partial charge on any atom is -0.330 e. The van der Waals surface area contributed by atoms with Crippen molar-refractivity contribution in [2.45, 2.75) is 52.1 Å². The molecule has 2 N–H and O–H groups in total. The Morgan fingerprint density at radius 3 is 3.00 bits per heavy atom. The van der Waals surface area contributed by atoms with E-state index >= 15 is 0 Å². The Bertz CT molecular complexity index is 327. The Morgan fingerprint density at radius 1 is 1.53 bits per heavy atom. The molecule has 1 aromatic heterocycles. The topological polar surface area (TPSA) is 43.8 Å². The van der Waals surface area contributed by atoms with Crippen molar-refractivity contribution in [2.75, 3.05) is 0 Å². The van der Waals surface area contributed by atoms with Gasteiger partial charge in [-0.2, -0.15) is 0 Å². The van der Waals surface area contributed by atoms with Crippen LogP contribution in [0.5, 0.6) is 0 Å². The molecule has 1 aromatic rings. The normalized spacial score (nSPS) is 25.4. The van der Waals surface area contributed by atoms with Crippen LogP contribution in [0.15, 0.2) is 12.5 Å². The molecule has 0 aromatic carbocycles. The van der Waals surface area contributed by atoms with Gasteiger partial charge in [-0.1, -0.05) is 26.7 Å². The summed E-state index contributed by atoms with van der Waals surface area (Å²) in [6.45, 7) is 5.31. The zero-order valence-corrected chi connectivity index (χ0v) is 9.74. The average Bonchev–Trinajstić information content (AvgIpc) is 2.64. The van der Waals surface area contributed by atoms with Crippen LogP contribution in [-0.2, 0) is 6.54 Å². The highest BCUT2D eigenvalue weighted by molar-refractivity contribution is 5.02. The molecule has 0 amide bonds. The minimum absolute atomic E-state index is 0.378. The summed E-state index contributed by atoms with van der Waals surface area (Å²) in [5.74, 6) is 0. The van der Waals surface area contributed by atoms with Crippen molar-refractivity contribution >= 4 is 0 Å². The first kappa shape index (κ1) is 10.7. The van der Waals surface area contributed by atoms with Crippen molar-refractivity contribution in [3.63, 3.8) is 0 Å². The third-order valence-electron chi connectivity index (χ3n) is 3.74. The lowest BCUT2D eigenvalue weighted by molar-refractivity contribution is 0.141. The van der Waals surface area contributed by atoms with Gasteiger partial charge in [0.25, 0.3) is 0 Å². The van der Waals surface area contributed by atoms with E-state index in [-0.39, 0.29) is 0 Å². The van der Waals surface area contributed by atoms with Crippen molar-refractivity contribution < 1.29 is 0 Å². The van der Waals surface area contributed by atoms with E-state index in [0.29, 0.717) is 18.0 Å². The van der Waals surface area contributed by atoms with E-state index in [9.17, 15) is 0 Å². The van der Waals surface area contributed by atoms with Gasteiger partial charge in [0.2, 0.25) is 0 Å². The van der Waals surface area contributed by atoms with Gasteiger partial charge in [0.15, 0.2) is 0 Å². The largest absolute Gasteiger partial charge is 0.330 e. The summed E-state index contributed by atoms with van der Waals surface area (Å²) in [5.41, 5.74) is 7.27. The van der Waals surface area contributed by atoms with Crippen molar-refractivity contribution in [1.82, 2.24) is 9.55 Å². The number of aromatic nitrogens is 2. The first-order valence-electron chi connectivity index (χ1n) is 5.86. The smallest absolute Gasteiger partial charge is 0.0951 e. The number of nitrogens with two attached hydrogens (primary N) is 1. The molecular weight excluding hydrogens is 186 g/mol. The highest BCUT2D eigenvalue weighted by atomic mass is 15.1. The molecule has 0 radical (unpaired) electrons. The Hall–Kier alpha value is -0.830. The van der Waals surface area contributed by atoms with Crippen molar-refractivity contribution in [1.29, 1.82) is 0 Å². The van der Waals surface area contributed by atoms with Crippen LogP contribution in [0, 0.1) is 5.41 Å². The van der Waals surface area contributed by atoms with Gasteiger partial charge in [0, 0.05) is 18.8 Å². The van der Waals surface area contributed by atoms with E-state index in [2.05, 4.69) is 23.4 Å². The fourth-order valence-corrected chi connectivity index (χ4v) is 2.76. The second-order valence-electron chi connectivity index (χ2n) is 5.25. The molecule has 1 heterocycles. The van der Waals surface area contributed by atoms with Crippen LogP contribution in [0.4, 0.5) is 0 Å². The second-order valence-corrected chi connectivity index (χ2v) is 5.25. The number of hydrogen-bond acceptors (Lipinski definition) is 2. The van der Waals surface area contributed by atoms with Gasteiger partial charge in [-0.3, -0.25) is 0 Å². The van der Waals surface area contributed by atoms with Crippen LogP contribution < -0.4 is 5.73 Å². The van der Waals surface area contributed by atoms with E-state index in [1.807, 2.05) is 12.5 Å². The monoisotopic (exact) mass is 207 g/mol. The zero-order valence-electron chi connectivity index (χ0n) is 9.74. The standard InChI is InChI=1S/C12H21N3/c1-12(2)6-4-3-5-11(12)15-9-14-8-10(15)7-13/h8-9,11H,3-7,13H2,1-2H3. The molecule has 1 aliphatic carbocycles. The van der Waals surface area contributed by atoms with Gasteiger partial charge in [0.05, 0.1) is 12.0 Å². The SMILES string of the molecule is CC1(C)CCCCC1n1cncc1CN. The van der Waals surface area contributed by atoms with Crippen LogP contribution in [0.3, 0.4) is 0 Å². The van der Waals surface area contributed by atoms with Gasteiger partial charge >= 0.3 is 0 Å². The maximum absolute atomic E-state index is 5.73. The lowest BCUT2D eigenvalue weighted by Gasteiger charge is -2.40. The van der Waals surface area contributed by atoms with Crippen LogP contribution in [-0.4, -0.2) is 9.55 Å². The average molecular weight is 207 g/mol. The number of rotatable bonds is 2. The highest BCUT2D eigenvalue weighted by Gasteiger charge is 2.33. The second kappa shape index (κ2) is 3.97. The molecule has 1 fully saturated rings. The van der Waals surface area contributed by atoms with Gasteiger partial charge in [-0.15, -0.1) is 0 Å². The molecule has 1 atom stereocenters. The molecule has 3 heteroatoms. The molecule has 2 rings (SSSR count). The van der Waals surface area contributed by atoms with Gasteiger partial charge in [-0.05, 0) is 18.3 Å². The molecule has 0 bridgehead atoms. The molecule has 0 aliphatic heterocycles. The lowest BCUT2D eigenvalue weighted by Crippen LogP contribution is -2.31. The van der Waals surface area contributed by atoms with Crippen LogP contribution in [0.1, 0.15) is 51.3 Å². The summed E-state index contributed by atoms with van der Waals surface area (Å²) in [6.07, 6.45) is 9.09. The number of nitrogens with zero attached hydrogens (tertiary/aromatic N) is 2. The Kier molecular flexibility index (Phi) is 2.83. The quantitative estimate of drug-likeness (QED) is 0.809. The molecule has 15 heavy (non-hydrogen) atoms. The summed E-state index contributed by atoms with van der Waals surface area (Å²) in [7, 11) is 0. The van der Waals surface area contributed by atoms with Gasteiger partial charge in [0.1, 0.15) is 0 Å². The first-order chi connectivity index (χ1) is 7.15. The molecule has 1 saturated carbocycles. The van der Waals surface area contributed by atoms with E-state index < -0.39 is 0 Å². The summed E-state index contributed by atoms with van der Waals surface area (Å²) in [6, 6.07) is 0.576. The minimum atomic E-state index is 0.378. The molecule has 0 spiro atoms. The summed E-state index contributed by atoms with van der Waals surface area (Å²) >= 11 is 0. The van der Waals surface area contributed by atoms with Crippen molar-refractivity contribution in [2.24, 2.45) is 11.1 Å². The van der Waals surface area contributed by atoms with Crippen LogP contribution >= 0.6 is 0 Å². The van der Waals surface area contributed by atoms with E-state index in [4.69, 9.17) is 5.73 Å². The Labute approximate surface area is 91.7 Å². The van der Waals surface area contributed by atoms with Crippen molar-refractivity contribution in [3.05, 3.63) is 18.2 Å². The Morgan fingerprint density at radius 2 is 2.33 bits per heavy atom.